The van der Waals surface area contributed by atoms with Crippen LogP contribution < -0.4 is 11.2 Å². The summed E-state index contributed by atoms with van der Waals surface area (Å²) < 4.78 is 1.61. The summed E-state index contributed by atoms with van der Waals surface area (Å²) in [6, 6.07) is 0.118. The topological polar surface area (TPSA) is 83.5 Å². The first kappa shape index (κ1) is 12.5. The lowest BCUT2D eigenvalue weighted by molar-refractivity contribution is 0.349. The normalized spacial score (nSPS) is 17.1. The van der Waals surface area contributed by atoms with E-state index < -0.39 is 5.56 Å². The second kappa shape index (κ2) is 4.85. The van der Waals surface area contributed by atoms with Crippen LogP contribution in [-0.4, -0.2) is 19.5 Å². The second-order valence-electron chi connectivity index (χ2n) is 4.94. The van der Waals surface area contributed by atoms with Crippen molar-refractivity contribution in [3.63, 3.8) is 0 Å². The summed E-state index contributed by atoms with van der Waals surface area (Å²) in [6.45, 7) is 0. The summed E-state index contributed by atoms with van der Waals surface area (Å²) in [5.74, 6) is 0.699. The van der Waals surface area contributed by atoms with Crippen LogP contribution in [0, 0.1) is 0 Å². The lowest BCUT2D eigenvalue weighted by atomic mass is 9.95. The number of alkyl halides is 1. The van der Waals surface area contributed by atoms with Gasteiger partial charge >= 0.3 is 5.69 Å². The van der Waals surface area contributed by atoms with Crippen LogP contribution in [0.5, 0.6) is 0 Å². The minimum Gasteiger partial charge on any atom is -0.335 e. The van der Waals surface area contributed by atoms with Gasteiger partial charge in [-0.15, -0.1) is 11.6 Å². The maximum atomic E-state index is 12.1. The quantitative estimate of drug-likeness (QED) is 0.822. The molecule has 0 radical (unpaired) electrons. The maximum Gasteiger partial charge on any atom is 0.330 e. The molecule has 2 N–H and O–H groups in total. The molecule has 6 nitrogen and oxygen atoms in total. The van der Waals surface area contributed by atoms with Gasteiger partial charge in [-0.1, -0.05) is 19.3 Å². The highest BCUT2D eigenvalue weighted by molar-refractivity contribution is 6.16. The number of hydrogen-bond donors (Lipinski definition) is 2. The molecule has 0 atom stereocenters. The van der Waals surface area contributed by atoms with E-state index in [2.05, 4.69) is 15.0 Å². The zero-order valence-electron chi connectivity index (χ0n) is 10.4. The fourth-order valence-electron chi connectivity index (χ4n) is 2.80. The van der Waals surface area contributed by atoms with Gasteiger partial charge in [0, 0.05) is 6.04 Å². The second-order valence-corrected chi connectivity index (χ2v) is 5.20. The van der Waals surface area contributed by atoms with Crippen LogP contribution in [0.2, 0.25) is 0 Å². The first-order valence-electron chi connectivity index (χ1n) is 6.50. The van der Waals surface area contributed by atoms with E-state index in [0.29, 0.717) is 17.0 Å². The Balaban J connectivity index is 2.24. The molecule has 19 heavy (non-hydrogen) atoms. The van der Waals surface area contributed by atoms with Gasteiger partial charge in [-0.3, -0.25) is 14.3 Å². The molecule has 1 aliphatic rings. The number of imidazole rings is 1. The van der Waals surface area contributed by atoms with Crippen molar-refractivity contribution >= 4 is 22.8 Å². The first-order valence-corrected chi connectivity index (χ1v) is 7.03. The van der Waals surface area contributed by atoms with E-state index in [-0.39, 0.29) is 17.6 Å². The molecule has 3 rings (SSSR count). The molecule has 2 heterocycles. The van der Waals surface area contributed by atoms with Gasteiger partial charge in [0.05, 0.1) is 5.88 Å². The number of nitrogens with one attached hydrogen (secondary N) is 2. The van der Waals surface area contributed by atoms with Crippen molar-refractivity contribution in [2.45, 2.75) is 44.0 Å². The summed E-state index contributed by atoms with van der Waals surface area (Å²) in [6.07, 6.45) is 5.30. The lowest BCUT2D eigenvalue weighted by Crippen LogP contribution is -2.33. The van der Waals surface area contributed by atoms with Crippen LogP contribution in [0.25, 0.3) is 11.2 Å². The summed E-state index contributed by atoms with van der Waals surface area (Å²) in [5.41, 5.74) is -0.0509. The van der Waals surface area contributed by atoms with E-state index in [1.807, 2.05) is 0 Å². The fraction of sp³-hybridized carbons (Fsp3) is 0.583. The van der Waals surface area contributed by atoms with Crippen molar-refractivity contribution in [1.82, 2.24) is 19.5 Å². The number of rotatable bonds is 2. The number of halogens is 1. The van der Waals surface area contributed by atoms with E-state index in [1.165, 1.54) is 6.42 Å². The third-order valence-electron chi connectivity index (χ3n) is 3.69. The highest BCUT2D eigenvalue weighted by atomic mass is 35.5. The summed E-state index contributed by atoms with van der Waals surface area (Å²) >= 11 is 5.74. The molecule has 1 fully saturated rings. The molecule has 0 bridgehead atoms. The maximum absolute atomic E-state index is 12.1. The van der Waals surface area contributed by atoms with Gasteiger partial charge in [-0.2, -0.15) is 0 Å². The molecule has 1 saturated carbocycles. The Bertz CT molecular complexity index is 709. The summed E-state index contributed by atoms with van der Waals surface area (Å²) in [5, 5.41) is 0. The molecule has 0 aromatic carbocycles. The smallest absolute Gasteiger partial charge is 0.330 e. The van der Waals surface area contributed by atoms with E-state index >= 15 is 0 Å². The molecule has 2 aromatic rings. The Morgan fingerprint density at radius 3 is 2.63 bits per heavy atom. The minimum atomic E-state index is -0.434. The van der Waals surface area contributed by atoms with E-state index in [1.54, 1.807) is 4.57 Å². The van der Waals surface area contributed by atoms with E-state index in [4.69, 9.17) is 11.6 Å². The highest BCUT2D eigenvalue weighted by Crippen LogP contribution is 2.28. The third-order valence-corrected chi connectivity index (χ3v) is 3.95. The molecule has 0 amide bonds. The van der Waals surface area contributed by atoms with Crippen molar-refractivity contribution in [1.29, 1.82) is 0 Å². The average molecular weight is 283 g/mol. The van der Waals surface area contributed by atoms with Gasteiger partial charge in [0.25, 0.3) is 5.56 Å². The largest absolute Gasteiger partial charge is 0.335 e. The van der Waals surface area contributed by atoms with Crippen LogP contribution in [0.15, 0.2) is 9.59 Å². The molecule has 1 aliphatic carbocycles. The number of aromatic amines is 2. The van der Waals surface area contributed by atoms with Gasteiger partial charge in [-0.05, 0) is 12.8 Å². The highest BCUT2D eigenvalue weighted by Gasteiger charge is 2.21. The van der Waals surface area contributed by atoms with Crippen molar-refractivity contribution in [2.75, 3.05) is 0 Å². The molecule has 7 heteroatoms. The van der Waals surface area contributed by atoms with Crippen LogP contribution >= 0.6 is 11.6 Å². The first-order chi connectivity index (χ1) is 9.20. The van der Waals surface area contributed by atoms with E-state index in [0.717, 1.165) is 25.7 Å². The summed E-state index contributed by atoms with van der Waals surface area (Å²) in [4.78, 5) is 33.4. The molecule has 0 unspecified atom stereocenters. The Hall–Kier alpha value is -1.56. The molecule has 102 valence electrons. The number of aromatic nitrogens is 4. The molecular formula is C12H15ClN4O2. The third kappa shape index (κ3) is 2.10. The number of H-pyrrole nitrogens is 2. The fourth-order valence-corrected chi connectivity index (χ4v) is 2.93. The lowest BCUT2D eigenvalue weighted by Gasteiger charge is -2.23. The van der Waals surface area contributed by atoms with Crippen LogP contribution in [0.3, 0.4) is 0 Å². The van der Waals surface area contributed by atoms with Gasteiger partial charge in [0.1, 0.15) is 11.3 Å². The zero-order chi connectivity index (χ0) is 13.4. The standard InChI is InChI=1S/C12H15ClN4O2/c13-6-8-14-9-10(15-8)17(12(19)16-11(9)18)7-4-2-1-3-5-7/h7H,1-6H2,(H,14,15)(H,16,18,19). The van der Waals surface area contributed by atoms with Crippen LogP contribution in [-0.2, 0) is 5.88 Å². The van der Waals surface area contributed by atoms with Gasteiger partial charge < -0.3 is 4.98 Å². The number of nitrogens with zero attached hydrogens (tertiary/aromatic N) is 2. The minimum absolute atomic E-state index is 0.118. The SMILES string of the molecule is O=c1[nH]c(=O)n(C2CCCCC2)c2nc(CCl)[nH]c12. The number of hydrogen-bond acceptors (Lipinski definition) is 3. The summed E-state index contributed by atoms with van der Waals surface area (Å²) in [7, 11) is 0. The van der Waals surface area contributed by atoms with E-state index in [9.17, 15) is 9.59 Å². The Morgan fingerprint density at radius 2 is 1.95 bits per heavy atom. The molecule has 2 aromatic heterocycles. The Kier molecular flexibility index (Phi) is 3.18. The monoisotopic (exact) mass is 282 g/mol. The zero-order valence-corrected chi connectivity index (χ0v) is 11.2. The molecule has 0 aliphatic heterocycles. The van der Waals surface area contributed by atoms with Crippen LogP contribution in [0.1, 0.15) is 44.0 Å². The number of fused-ring (bicyclic) bond motifs is 1. The Morgan fingerprint density at radius 1 is 1.21 bits per heavy atom. The van der Waals surface area contributed by atoms with Gasteiger partial charge in [0.15, 0.2) is 5.65 Å². The predicted molar refractivity (Wildman–Crippen MR) is 72.7 cm³/mol. The van der Waals surface area contributed by atoms with Crippen molar-refractivity contribution in [3.05, 3.63) is 26.7 Å². The van der Waals surface area contributed by atoms with Crippen LogP contribution in [0.4, 0.5) is 0 Å². The van der Waals surface area contributed by atoms with Gasteiger partial charge in [0.2, 0.25) is 0 Å². The van der Waals surface area contributed by atoms with Crippen molar-refractivity contribution in [3.8, 4) is 0 Å². The molecule has 0 spiro atoms. The Labute approximate surface area is 113 Å². The molecule has 0 saturated heterocycles. The predicted octanol–water partition coefficient (Wildman–Crippen LogP) is 1.66. The molecular weight excluding hydrogens is 268 g/mol. The average Bonchev–Trinajstić information content (AvgIpc) is 2.84. The van der Waals surface area contributed by atoms with Crippen molar-refractivity contribution in [2.24, 2.45) is 0 Å². The van der Waals surface area contributed by atoms with Crippen molar-refractivity contribution < 1.29 is 0 Å². The van der Waals surface area contributed by atoms with Gasteiger partial charge in [-0.25, -0.2) is 9.78 Å².